The predicted octanol–water partition coefficient (Wildman–Crippen LogP) is 3.85. The predicted molar refractivity (Wildman–Crippen MR) is 87.7 cm³/mol. The summed E-state index contributed by atoms with van der Waals surface area (Å²) in [5.74, 6) is 0. The summed E-state index contributed by atoms with van der Waals surface area (Å²) in [7, 11) is -1.15. The van der Waals surface area contributed by atoms with Crippen LogP contribution in [0.4, 0.5) is 0 Å². The monoisotopic (exact) mass is 275 g/mol. The van der Waals surface area contributed by atoms with Gasteiger partial charge in [-0.2, -0.15) is 0 Å². The first kappa shape index (κ1) is 14.8. The Bertz CT molecular complexity index is 414. The number of hydrogen-bond donors (Lipinski definition) is 0. The summed E-state index contributed by atoms with van der Waals surface area (Å²) < 4.78 is 0. The molecule has 0 aliphatic carbocycles. The second-order valence-electron chi connectivity index (χ2n) is 7.93. The topological polar surface area (TPSA) is 3.24 Å². The fourth-order valence-electron chi connectivity index (χ4n) is 3.05. The first-order chi connectivity index (χ1) is 8.76. The molecule has 0 N–H and O–H groups in total. The number of rotatable bonds is 3. The zero-order chi connectivity index (χ0) is 14.1. The molecule has 1 aromatic carbocycles. The van der Waals surface area contributed by atoms with Crippen molar-refractivity contribution in [1.29, 1.82) is 0 Å². The van der Waals surface area contributed by atoms with E-state index >= 15 is 0 Å². The molecule has 1 nitrogen and oxygen atoms in total. The lowest BCUT2D eigenvalue weighted by molar-refractivity contribution is 0.112. The van der Waals surface area contributed by atoms with E-state index in [2.05, 4.69) is 62.7 Å². The van der Waals surface area contributed by atoms with Crippen LogP contribution in [-0.4, -0.2) is 26.1 Å². The van der Waals surface area contributed by atoms with Gasteiger partial charge in [-0.15, -0.1) is 0 Å². The van der Waals surface area contributed by atoms with Crippen LogP contribution < -0.4 is 5.19 Å². The third kappa shape index (κ3) is 4.18. The van der Waals surface area contributed by atoms with Crippen molar-refractivity contribution < 1.29 is 0 Å². The van der Waals surface area contributed by atoms with Gasteiger partial charge in [0.2, 0.25) is 0 Å². The maximum Gasteiger partial charge on any atom is 0.0775 e. The Morgan fingerprint density at radius 1 is 1.11 bits per heavy atom. The van der Waals surface area contributed by atoms with Crippen LogP contribution in [-0.2, 0) is 6.54 Å². The van der Waals surface area contributed by atoms with Crippen molar-refractivity contribution in [2.75, 3.05) is 13.1 Å². The molecule has 1 aromatic rings. The fraction of sp³-hybridized carbons (Fsp3) is 0.647. The van der Waals surface area contributed by atoms with E-state index in [1.807, 2.05) is 0 Å². The van der Waals surface area contributed by atoms with Gasteiger partial charge >= 0.3 is 0 Å². The van der Waals surface area contributed by atoms with Gasteiger partial charge in [-0.3, -0.25) is 4.90 Å². The summed E-state index contributed by atoms with van der Waals surface area (Å²) in [6.45, 7) is 15.7. The fourth-order valence-corrected chi connectivity index (χ4v) is 4.21. The van der Waals surface area contributed by atoms with Crippen LogP contribution in [0, 0.1) is 5.41 Å². The lowest BCUT2D eigenvalue weighted by Gasteiger charge is -2.38. The first-order valence-corrected chi connectivity index (χ1v) is 11.1. The highest BCUT2D eigenvalue weighted by Gasteiger charge is 2.26. The number of piperidine rings is 1. The molecule has 0 amide bonds. The van der Waals surface area contributed by atoms with Gasteiger partial charge in [0.15, 0.2) is 0 Å². The van der Waals surface area contributed by atoms with Crippen molar-refractivity contribution in [3.8, 4) is 0 Å². The molecule has 2 rings (SSSR count). The Labute approximate surface area is 120 Å². The molecule has 0 aromatic heterocycles. The molecule has 1 fully saturated rings. The van der Waals surface area contributed by atoms with Gasteiger partial charge in [0.25, 0.3) is 0 Å². The van der Waals surface area contributed by atoms with Crippen molar-refractivity contribution in [3.63, 3.8) is 0 Å². The molecule has 0 atom stereocenters. The summed E-state index contributed by atoms with van der Waals surface area (Å²) in [6, 6.07) is 9.40. The summed E-state index contributed by atoms with van der Waals surface area (Å²) in [5, 5.41) is 1.57. The Hall–Kier alpha value is -0.603. The van der Waals surface area contributed by atoms with Crippen molar-refractivity contribution in [1.82, 2.24) is 4.90 Å². The molecule has 0 saturated carbocycles. The summed E-state index contributed by atoms with van der Waals surface area (Å²) >= 11 is 0. The van der Waals surface area contributed by atoms with E-state index in [9.17, 15) is 0 Å². The Balaban J connectivity index is 2.00. The van der Waals surface area contributed by atoms with Crippen LogP contribution in [0.3, 0.4) is 0 Å². The lowest BCUT2D eigenvalue weighted by atomic mass is 9.84. The normalized spacial score (nSPS) is 20.5. The SMILES string of the molecule is CC1(C)CCCN(Cc2ccc([Si](C)(C)C)cc2)C1. The Kier molecular flexibility index (Phi) is 4.22. The highest BCUT2D eigenvalue weighted by molar-refractivity contribution is 6.88. The molecule has 0 spiro atoms. The Morgan fingerprint density at radius 3 is 2.26 bits per heavy atom. The average molecular weight is 276 g/mol. The number of benzene rings is 1. The van der Waals surface area contributed by atoms with Crippen molar-refractivity contribution in [2.45, 2.75) is 52.9 Å². The second kappa shape index (κ2) is 5.41. The van der Waals surface area contributed by atoms with Crippen LogP contribution in [0.1, 0.15) is 32.3 Å². The molecule has 0 radical (unpaired) electrons. The molecule has 106 valence electrons. The minimum Gasteiger partial charge on any atom is -0.299 e. The molecule has 1 heterocycles. The summed E-state index contributed by atoms with van der Waals surface area (Å²) in [4.78, 5) is 2.62. The lowest BCUT2D eigenvalue weighted by Crippen LogP contribution is -2.40. The molecule has 0 unspecified atom stereocenters. The zero-order valence-corrected chi connectivity index (χ0v) is 14.3. The maximum atomic E-state index is 2.62. The van der Waals surface area contributed by atoms with Crippen LogP contribution >= 0.6 is 0 Å². The molecule has 1 aliphatic rings. The number of likely N-dealkylation sites (tertiary alicyclic amines) is 1. The van der Waals surface area contributed by atoms with E-state index in [0.29, 0.717) is 5.41 Å². The molecule has 19 heavy (non-hydrogen) atoms. The van der Waals surface area contributed by atoms with Gasteiger partial charge in [0.05, 0.1) is 8.07 Å². The van der Waals surface area contributed by atoms with E-state index in [-0.39, 0.29) is 0 Å². The number of hydrogen-bond acceptors (Lipinski definition) is 1. The van der Waals surface area contributed by atoms with Crippen LogP contribution in [0.2, 0.25) is 19.6 Å². The van der Waals surface area contributed by atoms with Crippen molar-refractivity contribution in [3.05, 3.63) is 29.8 Å². The zero-order valence-electron chi connectivity index (χ0n) is 13.3. The quantitative estimate of drug-likeness (QED) is 0.757. The van der Waals surface area contributed by atoms with E-state index in [0.717, 1.165) is 6.54 Å². The van der Waals surface area contributed by atoms with Gasteiger partial charge in [0, 0.05) is 13.1 Å². The highest BCUT2D eigenvalue weighted by atomic mass is 28.3. The largest absolute Gasteiger partial charge is 0.299 e. The van der Waals surface area contributed by atoms with Gasteiger partial charge in [-0.25, -0.2) is 0 Å². The third-order valence-electron chi connectivity index (χ3n) is 4.21. The van der Waals surface area contributed by atoms with E-state index in [1.165, 1.54) is 31.5 Å². The van der Waals surface area contributed by atoms with E-state index in [4.69, 9.17) is 0 Å². The van der Waals surface area contributed by atoms with Gasteiger partial charge in [-0.1, -0.05) is 62.9 Å². The van der Waals surface area contributed by atoms with Crippen molar-refractivity contribution >= 4 is 13.3 Å². The van der Waals surface area contributed by atoms with Gasteiger partial charge in [0.1, 0.15) is 0 Å². The minimum atomic E-state index is -1.15. The minimum absolute atomic E-state index is 0.497. The molecule has 1 aliphatic heterocycles. The standard InChI is InChI=1S/C17H29NSi/c1-17(2)11-6-12-18(14-17)13-15-7-9-16(10-8-15)19(3,4)5/h7-10H,6,11-14H2,1-5H3. The number of nitrogens with zero attached hydrogens (tertiary/aromatic N) is 1. The van der Waals surface area contributed by atoms with E-state index < -0.39 is 8.07 Å². The first-order valence-electron chi connectivity index (χ1n) is 7.58. The molecule has 1 saturated heterocycles. The van der Waals surface area contributed by atoms with Crippen LogP contribution in [0.25, 0.3) is 0 Å². The van der Waals surface area contributed by atoms with Crippen LogP contribution in [0.15, 0.2) is 24.3 Å². The Morgan fingerprint density at radius 2 is 1.74 bits per heavy atom. The smallest absolute Gasteiger partial charge is 0.0775 e. The molecular formula is C17H29NSi. The molecule has 2 heteroatoms. The highest BCUT2D eigenvalue weighted by Crippen LogP contribution is 2.29. The van der Waals surface area contributed by atoms with Gasteiger partial charge in [-0.05, 0) is 30.4 Å². The van der Waals surface area contributed by atoms with Crippen molar-refractivity contribution in [2.24, 2.45) is 5.41 Å². The maximum absolute atomic E-state index is 2.62. The third-order valence-corrected chi connectivity index (χ3v) is 6.27. The summed E-state index contributed by atoms with van der Waals surface area (Å²) in [5.41, 5.74) is 1.97. The van der Waals surface area contributed by atoms with Gasteiger partial charge < -0.3 is 0 Å². The summed E-state index contributed by atoms with van der Waals surface area (Å²) in [6.07, 6.45) is 2.72. The van der Waals surface area contributed by atoms with Crippen LogP contribution in [0.5, 0.6) is 0 Å². The average Bonchev–Trinajstić information content (AvgIpc) is 2.27. The van der Waals surface area contributed by atoms with E-state index in [1.54, 1.807) is 5.19 Å². The second-order valence-corrected chi connectivity index (χ2v) is 13.0. The molecule has 0 bridgehead atoms. The molecular weight excluding hydrogens is 246 g/mol.